The lowest BCUT2D eigenvalue weighted by molar-refractivity contribution is 0.323. The normalized spacial score (nSPS) is 18.2. The summed E-state index contributed by atoms with van der Waals surface area (Å²) < 4.78 is 30.2. The van der Waals surface area contributed by atoms with Gasteiger partial charge in [-0.25, -0.2) is 18.1 Å². The Hall–Kier alpha value is -2.40. The maximum Gasteiger partial charge on any atom is 0.241 e. The van der Waals surface area contributed by atoms with Crippen LogP contribution in [0.5, 0.6) is 0 Å². The molecule has 0 aliphatic heterocycles. The second kappa shape index (κ2) is 6.81. The minimum Gasteiger partial charge on any atom is -0.321 e. The molecule has 154 valence electrons. The molecule has 8 heteroatoms. The molecular formula is C22H21ClN4O2S. The van der Waals surface area contributed by atoms with Gasteiger partial charge in [0, 0.05) is 23.2 Å². The van der Waals surface area contributed by atoms with Crippen molar-refractivity contribution in [2.45, 2.75) is 55.5 Å². The zero-order chi connectivity index (χ0) is 21.1. The minimum atomic E-state index is -3.57. The predicted molar refractivity (Wildman–Crippen MR) is 116 cm³/mol. The van der Waals surface area contributed by atoms with Crippen LogP contribution < -0.4 is 4.72 Å². The van der Waals surface area contributed by atoms with E-state index in [2.05, 4.69) is 20.3 Å². The molecular weight excluding hydrogens is 420 g/mol. The fourth-order valence-electron chi connectivity index (χ4n) is 4.02. The van der Waals surface area contributed by atoms with Gasteiger partial charge in [-0.15, -0.1) is 0 Å². The van der Waals surface area contributed by atoms with Gasteiger partial charge in [-0.2, -0.15) is 5.26 Å². The summed E-state index contributed by atoms with van der Waals surface area (Å²) in [4.78, 5) is 4.74. The highest BCUT2D eigenvalue weighted by molar-refractivity contribution is 7.89. The molecule has 0 saturated heterocycles. The van der Waals surface area contributed by atoms with Crippen LogP contribution in [-0.2, 0) is 10.0 Å². The maximum atomic E-state index is 12.7. The minimum absolute atomic E-state index is 0.227. The first-order chi connectivity index (χ1) is 14.3. The van der Waals surface area contributed by atoms with E-state index in [-0.39, 0.29) is 16.5 Å². The van der Waals surface area contributed by atoms with Crippen LogP contribution in [0.4, 0.5) is 0 Å². The van der Waals surface area contributed by atoms with E-state index in [9.17, 15) is 13.7 Å². The molecule has 0 spiro atoms. The SMILES string of the molecule is CC1(NS(=O)(=O)c2ccc(-c3c(C#N)c4cc(Cl)cnc4n3C3CCC3)cc2)CC1. The van der Waals surface area contributed by atoms with E-state index >= 15 is 0 Å². The highest BCUT2D eigenvalue weighted by Crippen LogP contribution is 2.42. The Balaban J connectivity index is 1.63. The molecule has 2 fully saturated rings. The molecule has 5 rings (SSSR count). The van der Waals surface area contributed by atoms with Crippen molar-refractivity contribution in [2.24, 2.45) is 0 Å². The highest BCUT2D eigenvalue weighted by Gasteiger charge is 2.41. The lowest BCUT2D eigenvalue weighted by Gasteiger charge is -2.29. The van der Waals surface area contributed by atoms with E-state index in [1.54, 1.807) is 36.5 Å². The zero-order valence-electron chi connectivity index (χ0n) is 16.5. The monoisotopic (exact) mass is 440 g/mol. The second-order valence-electron chi connectivity index (χ2n) is 8.51. The van der Waals surface area contributed by atoms with Gasteiger partial charge in [0.15, 0.2) is 0 Å². The molecule has 1 aromatic carbocycles. The molecule has 1 N–H and O–H groups in total. The molecule has 6 nitrogen and oxygen atoms in total. The van der Waals surface area contributed by atoms with Crippen molar-refractivity contribution < 1.29 is 8.42 Å². The van der Waals surface area contributed by atoms with Crippen molar-refractivity contribution in [1.29, 1.82) is 5.26 Å². The molecule has 30 heavy (non-hydrogen) atoms. The van der Waals surface area contributed by atoms with Gasteiger partial charge in [-0.05, 0) is 62.8 Å². The fraction of sp³-hybridized carbons (Fsp3) is 0.364. The average Bonchev–Trinajstić information content (AvgIpc) is 3.30. The van der Waals surface area contributed by atoms with Gasteiger partial charge < -0.3 is 4.57 Å². The van der Waals surface area contributed by atoms with E-state index in [1.165, 1.54) is 0 Å². The van der Waals surface area contributed by atoms with Crippen LogP contribution in [0.15, 0.2) is 41.4 Å². The third-order valence-electron chi connectivity index (χ3n) is 6.18. The number of rotatable bonds is 5. The number of sulfonamides is 1. The molecule has 2 aromatic heterocycles. The number of aromatic nitrogens is 2. The van der Waals surface area contributed by atoms with Gasteiger partial charge >= 0.3 is 0 Å². The van der Waals surface area contributed by atoms with E-state index in [0.717, 1.165) is 54.4 Å². The fourth-order valence-corrected chi connectivity index (χ4v) is 5.65. The van der Waals surface area contributed by atoms with Gasteiger partial charge in [-0.3, -0.25) is 0 Å². The van der Waals surface area contributed by atoms with Crippen LogP contribution in [0.25, 0.3) is 22.3 Å². The van der Waals surface area contributed by atoms with Crippen molar-refractivity contribution >= 4 is 32.7 Å². The first kappa shape index (κ1) is 19.6. The van der Waals surface area contributed by atoms with Gasteiger partial charge in [0.1, 0.15) is 11.7 Å². The topological polar surface area (TPSA) is 87.8 Å². The molecule has 0 amide bonds. The Morgan fingerprint density at radius 1 is 1.27 bits per heavy atom. The van der Waals surface area contributed by atoms with Crippen molar-refractivity contribution in [3.05, 3.63) is 47.1 Å². The number of fused-ring (bicyclic) bond motifs is 1. The number of hydrogen-bond acceptors (Lipinski definition) is 4. The third kappa shape index (κ3) is 3.20. The van der Waals surface area contributed by atoms with E-state index in [4.69, 9.17) is 11.6 Å². The summed E-state index contributed by atoms with van der Waals surface area (Å²) in [5, 5.41) is 11.1. The number of pyridine rings is 1. The number of benzene rings is 1. The van der Waals surface area contributed by atoms with E-state index in [0.29, 0.717) is 10.6 Å². The lowest BCUT2D eigenvalue weighted by atomic mass is 9.92. The second-order valence-corrected chi connectivity index (χ2v) is 10.6. The molecule has 0 bridgehead atoms. The summed E-state index contributed by atoms with van der Waals surface area (Å²) in [5.74, 6) is 0. The largest absolute Gasteiger partial charge is 0.321 e. The standard InChI is InChI=1S/C22H21ClN4O2S/c1-22(9-10-22)26-30(28,29)17-7-5-14(6-8-17)20-19(12-24)18-11-15(23)13-25-21(18)27(20)16-3-2-4-16/h5-8,11,13,16,26H,2-4,9-10H2,1H3. The van der Waals surface area contributed by atoms with Gasteiger partial charge in [0.05, 0.1) is 21.2 Å². The summed E-state index contributed by atoms with van der Waals surface area (Å²) in [6, 6.07) is 11.1. The summed E-state index contributed by atoms with van der Waals surface area (Å²) in [5.41, 5.74) is 2.51. The van der Waals surface area contributed by atoms with Crippen LogP contribution in [0.2, 0.25) is 5.02 Å². The molecule has 0 unspecified atom stereocenters. The van der Waals surface area contributed by atoms with E-state index < -0.39 is 10.0 Å². The number of nitrogens with one attached hydrogen (secondary N) is 1. The predicted octanol–water partition coefficient (Wildman–Crippen LogP) is 4.78. The van der Waals surface area contributed by atoms with Crippen molar-refractivity contribution in [3.63, 3.8) is 0 Å². The first-order valence-electron chi connectivity index (χ1n) is 10.1. The highest BCUT2D eigenvalue weighted by atomic mass is 35.5. The quantitative estimate of drug-likeness (QED) is 0.618. The average molecular weight is 441 g/mol. The smallest absolute Gasteiger partial charge is 0.241 e. The zero-order valence-corrected chi connectivity index (χ0v) is 18.1. The lowest BCUT2D eigenvalue weighted by Crippen LogP contribution is -2.34. The van der Waals surface area contributed by atoms with Crippen LogP contribution in [0, 0.1) is 11.3 Å². The maximum absolute atomic E-state index is 12.7. The molecule has 2 saturated carbocycles. The molecule has 0 atom stereocenters. The Morgan fingerprint density at radius 2 is 1.97 bits per heavy atom. The third-order valence-corrected chi connectivity index (χ3v) is 8.04. The number of hydrogen-bond donors (Lipinski definition) is 1. The van der Waals surface area contributed by atoms with Crippen LogP contribution >= 0.6 is 11.6 Å². The summed E-state index contributed by atoms with van der Waals surface area (Å²) in [6.07, 6.45) is 6.51. The van der Waals surface area contributed by atoms with Crippen molar-refractivity contribution in [2.75, 3.05) is 0 Å². The molecule has 2 aliphatic rings. The summed E-state index contributed by atoms with van der Waals surface area (Å²) >= 11 is 6.16. The molecule has 0 radical (unpaired) electrons. The van der Waals surface area contributed by atoms with Gasteiger partial charge in [0.2, 0.25) is 10.0 Å². The van der Waals surface area contributed by atoms with Crippen molar-refractivity contribution in [1.82, 2.24) is 14.3 Å². The Kier molecular flexibility index (Phi) is 4.44. The van der Waals surface area contributed by atoms with Crippen LogP contribution in [0.1, 0.15) is 50.6 Å². The molecule has 3 aromatic rings. The molecule has 2 aliphatic carbocycles. The summed E-state index contributed by atoms with van der Waals surface area (Å²) in [6.45, 7) is 1.91. The van der Waals surface area contributed by atoms with Crippen LogP contribution in [0.3, 0.4) is 0 Å². The Bertz CT molecular complexity index is 1300. The number of halogens is 1. The molecule has 2 heterocycles. The number of nitrogens with zero attached hydrogens (tertiary/aromatic N) is 3. The summed E-state index contributed by atoms with van der Waals surface area (Å²) in [7, 11) is -3.57. The van der Waals surface area contributed by atoms with E-state index in [1.807, 2.05) is 6.92 Å². The van der Waals surface area contributed by atoms with Crippen LogP contribution in [-0.4, -0.2) is 23.5 Å². The Labute approximate surface area is 180 Å². The van der Waals surface area contributed by atoms with Gasteiger partial charge in [0.25, 0.3) is 0 Å². The first-order valence-corrected chi connectivity index (χ1v) is 11.9. The number of nitriles is 1. The van der Waals surface area contributed by atoms with Gasteiger partial charge in [-0.1, -0.05) is 23.7 Å². The van der Waals surface area contributed by atoms with Crippen molar-refractivity contribution in [3.8, 4) is 17.3 Å². The Morgan fingerprint density at radius 3 is 2.53 bits per heavy atom.